The molecule has 0 aliphatic heterocycles. The van der Waals surface area contributed by atoms with Crippen molar-refractivity contribution in [2.24, 2.45) is 0 Å². The molecule has 0 aliphatic carbocycles. The van der Waals surface area contributed by atoms with Crippen LogP contribution in [0.3, 0.4) is 0 Å². The number of anilines is 4. The highest BCUT2D eigenvalue weighted by atomic mass is 35.5. The first-order chi connectivity index (χ1) is 16.3. The van der Waals surface area contributed by atoms with Crippen LogP contribution in [-0.2, 0) is 6.54 Å². The number of aryl methyl sites for hydroxylation is 1. The molecular weight excluding hydrogens is 456 g/mol. The van der Waals surface area contributed by atoms with Gasteiger partial charge in [0.05, 0.1) is 28.2 Å². The summed E-state index contributed by atoms with van der Waals surface area (Å²) in [5.41, 5.74) is 1.98. The third kappa shape index (κ3) is 6.24. The maximum absolute atomic E-state index is 12.5. The SMILES string of the molecule is CCn1nc(C(=O)NCCN(C)C)cc1Nc1cc(Nc2ccccc2C(=O)NC)c(Cl)cn1. The molecule has 0 saturated heterocycles. The third-order valence-electron chi connectivity index (χ3n) is 4.94. The molecule has 2 amide bonds. The van der Waals surface area contributed by atoms with E-state index in [4.69, 9.17) is 11.6 Å². The highest BCUT2D eigenvalue weighted by Crippen LogP contribution is 2.30. The topological polar surface area (TPSA) is 116 Å². The Morgan fingerprint density at radius 1 is 1.09 bits per heavy atom. The number of halogens is 1. The Bertz CT molecular complexity index is 1160. The van der Waals surface area contributed by atoms with E-state index in [1.807, 2.05) is 32.0 Å². The van der Waals surface area contributed by atoms with Gasteiger partial charge >= 0.3 is 0 Å². The van der Waals surface area contributed by atoms with Crippen molar-refractivity contribution in [3.05, 3.63) is 58.9 Å². The predicted octanol–water partition coefficient (Wildman–Crippen LogP) is 3.09. The highest BCUT2D eigenvalue weighted by molar-refractivity contribution is 6.33. The first-order valence-corrected chi connectivity index (χ1v) is 11.2. The van der Waals surface area contributed by atoms with Gasteiger partial charge in [0.25, 0.3) is 11.8 Å². The molecule has 2 aromatic heterocycles. The van der Waals surface area contributed by atoms with E-state index in [1.54, 1.807) is 42.1 Å². The van der Waals surface area contributed by atoms with Gasteiger partial charge in [-0.25, -0.2) is 9.67 Å². The van der Waals surface area contributed by atoms with Gasteiger partial charge in [-0.1, -0.05) is 23.7 Å². The van der Waals surface area contributed by atoms with E-state index in [1.165, 1.54) is 6.20 Å². The Balaban J connectivity index is 1.80. The van der Waals surface area contributed by atoms with Crippen molar-refractivity contribution in [1.82, 2.24) is 30.3 Å². The van der Waals surface area contributed by atoms with Crippen LogP contribution in [0, 0.1) is 0 Å². The Labute approximate surface area is 203 Å². The Hall–Kier alpha value is -3.63. The molecule has 4 N–H and O–H groups in total. The number of aromatic nitrogens is 3. The monoisotopic (exact) mass is 484 g/mol. The average Bonchev–Trinajstić information content (AvgIpc) is 3.23. The van der Waals surface area contributed by atoms with Crippen LogP contribution in [0.5, 0.6) is 0 Å². The quantitative estimate of drug-likeness (QED) is 0.349. The summed E-state index contributed by atoms with van der Waals surface area (Å²) in [4.78, 5) is 31.0. The van der Waals surface area contributed by atoms with Crippen LogP contribution in [0.2, 0.25) is 5.02 Å². The molecule has 2 heterocycles. The smallest absolute Gasteiger partial charge is 0.271 e. The van der Waals surface area contributed by atoms with Crippen LogP contribution >= 0.6 is 11.6 Å². The molecule has 11 heteroatoms. The number of hydrogen-bond donors (Lipinski definition) is 4. The van der Waals surface area contributed by atoms with Crippen LogP contribution in [0.15, 0.2) is 42.6 Å². The standard InChI is InChI=1S/C23H29ClN8O2/c1-5-32-21(13-19(30-32)23(34)26-10-11-31(3)4)29-20-12-18(16(24)14-27-20)28-17-9-7-6-8-15(17)22(33)25-2/h6-9,12-14H,5,10-11H2,1-4H3,(H,25,33)(H,26,34)(H2,27,28,29). The molecule has 0 atom stereocenters. The van der Waals surface area contributed by atoms with Crippen molar-refractivity contribution in [3.63, 3.8) is 0 Å². The summed E-state index contributed by atoms with van der Waals surface area (Å²) in [6, 6.07) is 10.5. The van der Waals surface area contributed by atoms with Gasteiger partial charge in [-0.15, -0.1) is 0 Å². The van der Waals surface area contributed by atoms with E-state index in [9.17, 15) is 9.59 Å². The molecule has 0 bridgehead atoms. The molecule has 0 saturated carbocycles. The van der Waals surface area contributed by atoms with Crippen LogP contribution in [0.25, 0.3) is 0 Å². The normalized spacial score (nSPS) is 10.8. The number of para-hydroxylation sites is 1. The largest absolute Gasteiger partial charge is 0.355 e. The van der Waals surface area contributed by atoms with Crippen molar-refractivity contribution in [1.29, 1.82) is 0 Å². The number of pyridine rings is 1. The summed E-state index contributed by atoms with van der Waals surface area (Å²) in [7, 11) is 5.47. The molecule has 3 aromatic rings. The average molecular weight is 485 g/mol. The maximum atomic E-state index is 12.5. The zero-order valence-corrected chi connectivity index (χ0v) is 20.4. The molecule has 0 radical (unpaired) electrons. The minimum Gasteiger partial charge on any atom is -0.355 e. The van der Waals surface area contributed by atoms with Crippen molar-refractivity contribution in [2.75, 3.05) is 44.9 Å². The fourth-order valence-electron chi connectivity index (χ4n) is 3.16. The number of carbonyl (C=O) groups excluding carboxylic acids is 2. The van der Waals surface area contributed by atoms with E-state index < -0.39 is 0 Å². The summed E-state index contributed by atoms with van der Waals surface area (Å²) >= 11 is 6.36. The van der Waals surface area contributed by atoms with Gasteiger partial charge in [-0.2, -0.15) is 5.10 Å². The first-order valence-electron chi connectivity index (χ1n) is 10.8. The van der Waals surface area contributed by atoms with Gasteiger partial charge in [-0.3, -0.25) is 9.59 Å². The van der Waals surface area contributed by atoms with Crippen LogP contribution in [0.1, 0.15) is 27.8 Å². The van der Waals surface area contributed by atoms with Gasteiger partial charge in [0.2, 0.25) is 0 Å². The van der Waals surface area contributed by atoms with Crippen molar-refractivity contribution >= 4 is 46.4 Å². The van der Waals surface area contributed by atoms with E-state index >= 15 is 0 Å². The third-order valence-corrected chi connectivity index (χ3v) is 5.24. The lowest BCUT2D eigenvalue weighted by atomic mass is 10.1. The molecule has 0 aliphatic rings. The number of hydrogen-bond acceptors (Lipinski definition) is 7. The van der Waals surface area contributed by atoms with Crippen LogP contribution in [-0.4, -0.2) is 65.7 Å². The number of carbonyl (C=O) groups is 2. The van der Waals surface area contributed by atoms with Crippen LogP contribution < -0.4 is 21.3 Å². The number of benzene rings is 1. The van der Waals surface area contributed by atoms with Gasteiger partial charge in [0.15, 0.2) is 5.69 Å². The minimum absolute atomic E-state index is 0.213. The van der Waals surface area contributed by atoms with Crippen molar-refractivity contribution in [3.8, 4) is 0 Å². The fourth-order valence-corrected chi connectivity index (χ4v) is 3.31. The van der Waals surface area contributed by atoms with Gasteiger partial charge < -0.3 is 26.2 Å². The number of amides is 2. The molecule has 0 spiro atoms. The Morgan fingerprint density at radius 3 is 2.56 bits per heavy atom. The Morgan fingerprint density at radius 2 is 1.85 bits per heavy atom. The molecule has 1 aromatic carbocycles. The lowest BCUT2D eigenvalue weighted by Crippen LogP contribution is -2.31. The van der Waals surface area contributed by atoms with Crippen LogP contribution in [0.4, 0.5) is 23.0 Å². The lowest BCUT2D eigenvalue weighted by molar-refractivity contribution is 0.0942. The molecule has 34 heavy (non-hydrogen) atoms. The summed E-state index contributed by atoms with van der Waals surface area (Å²) in [5.74, 6) is 0.662. The second kappa shape index (κ2) is 11.5. The molecule has 10 nitrogen and oxygen atoms in total. The zero-order chi connectivity index (χ0) is 24.7. The molecule has 3 rings (SSSR count). The number of likely N-dealkylation sites (N-methyl/N-ethyl adjacent to an activating group) is 1. The van der Waals surface area contributed by atoms with Gasteiger partial charge in [0, 0.05) is 38.8 Å². The maximum Gasteiger partial charge on any atom is 0.271 e. The number of nitrogens with zero attached hydrogens (tertiary/aromatic N) is 4. The summed E-state index contributed by atoms with van der Waals surface area (Å²) < 4.78 is 1.69. The fraction of sp³-hybridized carbons (Fsp3) is 0.304. The van der Waals surface area contributed by atoms with E-state index in [0.29, 0.717) is 52.4 Å². The molecule has 180 valence electrons. The number of nitrogens with one attached hydrogen (secondary N) is 4. The van der Waals surface area contributed by atoms with Crippen molar-refractivity contribution < 1.29 is 9.59 Å². The first kappa shape index (κ1) is 25.0. The lowest BCUT2D eigenvalue weighted by Gasteiger charge is -2.14. The summed E-state index contributed by atoms with van der Waals surface area (Å²) in [5, 5.41) is 16.7. The van der Waals surface area contributed by atoms with Gasteiger partial charge in [-0.05, 0) is 33.2 Å². The Kier molecular flexibility index (Phi) is 8.44. The predicted molar refractivity (Wildman–Crippen MR) is 134 cm³/mol. The molecule has 0 fully saturated rings. The van der Waals surface area contributed by atoms with Gasteiger partial charge in [0.1, 0.15) is 11.6 Å². The summed E-state index contributed by atoms with van der Waals surface area (Å²) in [6.45, 7) is 3.76. The second-order valence-electron chi connectivity index (χ2n) is 7.71. The highest BCUT2D eigenvalue weighted by Gasteiger charge is 2.15. The summed E-state index contributed by atoms with van der Waals surface area (Å²) in [6.07, 6.45) is 1.51. The molecular formula is C23H29ClN8O2. The van der Waals surface area contributed by atoms with E-state index in [2.05, 4.69) is 31.3 Å². The number of rotatable bonds is 10. The minimum atomic E-state index is -0.241. The molecule has 0 unspecified atom stereocenters. The van der Waals surface area contributed by atoms with E-state index in [0.717, 1.165) is 6.54 Å². The zero-order valence-electron chi connectivity index (χ0n) is 19.6. The van der Waals surface area contributed by atoms with E-state index in [-0.39, 0.29) is 11.8 Å². The van der Waals surface area contributed by atoms with Crippen molar-refractivity contribution in [2.45, 2.75) is 13.5 Å². The second-order valence-corrected chi connectivity index (χ2v) is 8.12.